The lowest BCUT2D eigenvalue weighted by atomic mass is 9.49. The summed E-state index contributed by atoms with van der Waals surface area (Å²) in [5.74, 6) is 0.777. The lowest BCUT2D eigenvalue weighted by molar-refractivity contribution is -0.155. The van der Waals surface area contributed by atoms with Crippen molar-refractivity contribution < 1.29 is 31.3 Å². The van der Waals surface area contributed by atoms with Gasteiger partial charge in [0.15, 0.2) is 0 Å². The third-order valence-electron chi connectivity index (χ3n) is 5.18. The molecule has 4 rings (SSSR count). The summed E-state index contributed by atoms with van der Waals surface area (Å²) in [5, 5.41) is -4.29. The first-order chi connectivity index (χ1) is 9.62. The zero-order valence-corrected chi connectivity index (χ0v) is 12.2. The number of Topliss-reactive ketones (excluding diaryl/α,β-unsaturated/α-hetero) is 1. The minimum absolute atomic E-state index is 0.0157. The molecule has 2 atom stereocenters. The van der Waals surface area contributed by atoms with Crippen LogP contribution >= 0.6 is 0 Å². The minimum atomic E-state index is -5.45. The minimum Gasteiger partial charge on any atom is -0.373 e. The second-order valence-corrected chi connectivity index (χ2v) is 8.40. The van der Waals surface area contributed by atoms with Crippen LogP contribution in [0.15, 0.2) is 0 Å². The summed E-state index contributed by atoms with van der Waals surface area (Å²) < 4.78 is 60.7. The van der Waals surface area contributed by atoms with Crippen LogP contribution in [0, 0.1) is 23.2 Å². The number of halogens is 2. The molecule has 5 nitrogen and oxygen atoms in total. The van der Waals surface area contributed by atoms with Crippen LogP contribution in [0.3, 0.4) is 0 Å². The van der Waals surface area contributed by atoms with Crippen LogP contribution in [0.4, 0.5) is 8.78 Å². The molecule has 0 heterocycles. The molecule has 4 aliphatic rings. The molecule has 4 saturated carbocycles. The molecule has 4 bridgehead atoms. The zero-order valence-electron chi connectivity index (χ0n) is 11.4. The number of rotatable bonds is 5. The number of carbonyl (C=O) groups excluding carboxylic acids is 1. The number of hydrogen-bond donors (Lipinski definition) is 1. The predicted molar refractivity (Wildman–Crippen MR) is 68.3 cm³/mol. The normalized spacial score (nSPS) is 39.0. The Balaban J connectivity index is 1.63. The smallest absolute Gasteiger partial charge is 0.373 e. The first-order valence-corrected chi connectivity index (χ1v) is 8.52. The Morgan fingerprint density at radius 1 is 1.24 bits per heavy atom. The summed E-state index contributed by atoms with van der Waals surface area (Å²) in [7, 11) is -5.45. The molecule has 120 valence electrons. The second kappa shape index (κ2) is 4.70. The van der Waals surface area contributed by atoms with Gasteiger partial charge in [0, 0.05) is 11.8 Å². The van der Waals surface area contributed by atoms with Crippen LogP contribution in [0.1, 0.15) is 32.1 Å². The maximum absolute atomic E-state index is 13.1. The summed E-state index contributed by atoms with van der Waals surface area (Å²) in [6.45, 7) is -1.32. The fourth-order valence-electron chi connectivity index (χ4n) is 4.55. The van der Waals surface area contributed by atoms with Crippen molar-refractivity contribution >= 4 is 15.9 Å². The van der Waals surface area contributed by atoms with Crippen LogP contribution < -0.4 is 0 Å². The molecule has 2 unspecified atom stereocenters. The highest BCUT2D eigenvalue weighted by molar-refractivity contribution is 7.86. The molecule has 8 heteroatoms. The quantitative estimate of drug-likeness (QED) is 0.781. The number of ether oxygens (including phenoxy) is 1. The molecule has 0 aliphatic heterocycles. The fraction of sp³-hybridized carbons (Fsp3) is 0.923. The van der Waals surface area contributed by atoms with Crippen LogP contribution in [-0.2, 0) is 19.6 Å². The molecular formula is C13H18F2O5S. The highest BCUT2D eigenvalue weighted by Gasteiger charge is 2.55. The first kappa shape index (κ1) is 15.3. The molecule has 0 saturated heterocycles. The van der Waals surface area contributed by atoms with E-state index in [1.54, 1.807) is 0 Å². The summed E-state index contributed by atoms with van der Waals surface area (Å²) in [5.41, 5.74) is -0.278. The number of carbonyl (C=O) groups is 1. The van der Waals surface area contributed by atoms with Crippen molar-refractivity contribution in [3.63, 3.8) is 0 Å². The van der Waals surface area contributed by atoms with Gasteiger partial charge in [0.2, 0.25) is 0 Å². The number of hydrogen-bond acceptors (Lipinski definition) is 4. The molecule has 1 N–H and O–H groups in total. The molecule has 4 aliphatic carbocycles. The van der Waals surface area contributed by atoms with Crippen LogP contribution in [-0.4, -0.2) is 37.2 Å². The van der Waals surface area contributed by atoms with E-state index in [9.17, 15) is 22.0 Å². The van der Waals surface area contributed by atoms with Gasteiger partial charge < -0.3 is 4.74 Å². The van der Waals surface area contributed by atoms with E-state index >= 15 is 0 Å². The van der Waals surface area contributed by atoms with E-state index in [1.165, 1.54) is 0 Å². The van der Waals surface area contributed by atoms with E-state index in [2.05, 4.69) is 0 Å². The van der Waals surface area contributed by atoms with Crippen molar-refractivity contribution in [2.75, 3.05) is 13.2 Å². The maximum Gasteiger partial charge on any atom is 0.392 e. The van der Waals surface area contributed by atoms with E-state index in [4.69, 9.17) is 9.29 Å². The average Bonchev–Trinajstić information content (AvgIpc) is 2.33. The summed E-state index contributed by atoms with van der Waals surface area (Å²) in [6.07, 6.45) is 3.92. The SMILES string of the molecule is O=C1C2CC3CC1CC(COCC(F)(F)S(=O)(=O)O)(C3)C2. The Kier molecular flexibility index (Phi) is 3.42. The van der Waals surface area contributed by atoms with Gasteiger partial charge in [-0.1, -0.05) is 0 Å². The highest BCUT2D eigenvalue weighted by atomic mass is 32.2. The van der Waals surface area contributed by atoms with Crippen molar-refractivity contribution in [2.24, 2.45) is 23.2 Å². The largest absolute Gasteiger partial charge is 0.392 e. The van der Waals surface area contributed by atoms with Gasteiger partial charge in [0.1, 0.15) is 12.4 Å². The Bertz CT molecular complexity index is 541. The fourth-order valence-corrected chi connectivity index (χ4v) is 4.78. The van der Waals surface area contributed by atoms with Gasteiger partial charge in [0.05, 0.1) is 6.61 Å². The van der Waals surface area contributed by atoms with Crippen molar-refractivity contribution in [1.82, 2.24) is 0 Å². The summed E-state index contributed by atoms with van der Waals surface area (Å²) >= 11 is 0. The van der Waals surface area contributed by atoms with Crippen molar-refractivity contribution in [2.45, 2.75) is 37.4 Å². The van der Waals surface area contributed by atoms with Crippen molar-refractivity contribution in [3.8, 4) is 0 Å². The van der Waals surface area contributed by atoms with E-state index in [0.717, 1.165) is 19.3 Å². The van der Waals surface area contributed by atoms with Gasteiger partial charge >= 0.3 is 15.4 Å². The first-order valence-electron chi connectivity index (χ1n) is 7.08. The van der Waals surface area contributed by atoms with Crippen molar-refractivity contribution in [3.05, 3.63) is 0 Å². The maximum atomic E-state index is 13.1. The van der Waals surface area contributed by atoms with E-state index in [-0.39, 0.29) is 23.9 Å². The van der Waals surface area contributed by atoms with E-state index < -0.39 is 22.0 Å². The van der Waals surface area contributed by atoms with E-state index in [0.29, 0.717) is 24.5 Å². The molecule has 0 spiro atoms. The zero-order chi connectivity index (χ0) is 15.5. The second-order valence-electron chi connectivity index (χ2n) is 6.85. The molecule has 21 heavy (non-hydrogen) atoms. The Labute approximate surface area is 121 Å². The van der Waals surface area contributed by atoms with Crippen molar-refractivity contribution in [1.29, 1.82) is 0 Å². The van der Waals surface area contributed by atoms with E-state index in [1.807, 2.05) is 0 Å². The predicted octanol–water partition coefficient (Wildman–Crippen LogP) is 1.88. The van der Waals surface area contributed by atoms with Gasteiger partial charge in [0.25, 0.3) is 0 Å². The molecule has 0 radical (unpaired) electrons. The highest BCUT2D eigenvalue weighted by Crippen LogP contribution is 2.58. The Morgan fingerprint density at radius 2 is 1.81 bits per heavy atom. The number of ketones is 1. The number of alkyl halides is 2. The van der Waals surface area contributed by atoms with Gasteiger partial charge in [-0.3, -0.25) is 9.35 Å². The molecular weight excluding hydrogens is 306 g/mol. The third-order valence-corrected chi connectivity index (χ3v) is 6.05. The third kappa shape index (κ3) is 2.61. The van der Waals surface area contributed by atoms with Gasteiger partial charge in [-0.25, -0.2) is 0 Å². The Morgan fingerprint density at radius 3 is 2.33 bits per heavy atom. The van der Waals surface area contributed by atoms with Gasteiger partial charge in [-0.05, 0) is 43.4 Å². The van der Waals surface area contributed by atoms with Crippen LogP contribution in [0.25, 0.3) is 0 Å². The lowest BCUT2D eigenvalue weighted by Crippen LogP contribution is -2.53. The molecule has 0 amide bonds. The topological polar surface area (TPSA) is 80.7 Å². The molecule has 4 fully saturated rings. The van der Waals surface area contributed by atoms with Crippen LogP contribution in [0.2, 0.25) is 0 Å². The molecule has 0 aromatic rings. The monoisotopic (exact) mass is 324 g/mol. The summed E-state index contributed by atoms with van der Waals surface area (Å²) in [4.78, 5) is 12.0. The average molecular weight is 324 g/mol. The lowest BCUT2D eigenvalue weighted by Gasteiger charge is -2.55. The van der Waals surface area contributed by atoms with Crippen LogP contribution in [0.5, 0.6) is 0 Å². The summed E-state index contributed by atoms with van der Waals surface area (Å²) in [6, 6.07) is 0. The van der Waals surface area contributed by atoms with Gasteiger partial charge in [-0.15, -0.1) is 0 Å². The Hall–Kier alpha value is -0.600. The molecule has 0 aromatic heterocycles. The molecule has 0 aromatic carbocycles. The standard InChI is InChI=1S/C13H18F2O5S/c14-13(15,21(17,18)19)7-20-6-12-3-8-1-9(4-12)11(16)10(2-8)5-12/h8-10H,1-7H2,(H,17,18,19). The van der Waals surface area contributed by atoms with Gasteiger partial charge in [-0.2, -0.15) is 17.2 Å².